The maximum absolute atomic E-state index is 12.8. The predicted molar refractivity (Wildman–Crippen MR) is 119 cm³/mol. The summed E-state index contributed by atoms with van der Waals surface area (Å²) in [5.74, 6) is 1.59. The number of amides is 1. The lowest BCUT2D eigenvalue weighted by atomic mass is 10.1. The number of aryl methyl sites for hydroxylation is 1. The Morgan fingerprint density at radius 2 is 1.77 bits per heavy atom. The normalized spacial score (nSPS) is 14.7. The lowest BCUT2D eigenvalue weighted by molar-refractivity contribution is -0.129. The summed E-state index contributed by atoms with van der Waals surface area (Å²) < 4.78 is 7.57. The summed E-state index contributed by atoms with van der Waals surface area (Å²) >= 11 is 1.45. The van der Waals surface area contributed by atoms with Gasteiger partial charge < -0.3 is 9.64 Å². The second kappa shape index (κ2) is 8.92. The number of para-hydroxylation sites is 1. The van der Waals surface area contributed by atoms with Crippen molar-refractivity contribution in [3.8, 4) is 22.8 Å². The summed E-state index contributed by atoms with van der Waals surface area (Å²) in [6.07, 6.45) is 2.17. The van der Waals surface area contributed by atoms with E-state index < -0.39 is 0 Å². The van der Waals surface area contributed by atoms with E-state index in [0.29, 0.717) is 11.0 Å². The van der Waals surface area contributed by atoms with Gasteiger partial charge in [0.05, 0.1) is 17.9 Å². The number of carbonyl (C=O) groups excluding carboxylic acids is 1. The highest BCUT2D eigenvalue weighted by atomic mass is 32.2. The number of carbonyl (C=O) groups is 1. The van der Waals surface area contributed by atoms with Crippen LogP contribution in [0.1, 0.15) is 25.3 Å². The Hall–Kier alpha value is -2.80. The van der Waals surface area contributed by atoms with Crippen molar-refractivity contribution in [1.29, 1.82) is 0 Å². The molecular weight excluding hydrogens is 396 g/mol. The molecule has 4 rings (SSSR count). The summed E-state index contributed by atoms with van der Waals surface area (Å²) in [4.78, 5) is 14.8. The molecule has 0 radical (unpaired) electrons. The van der Waals surface area contributed by atoms with E-state index in [-0.39, 0.29) is 11.2 Å². The number of hydrogen-bond acceptors (Lipinski definition) is 5. The minimum Gasteiger partial charge on any atom is -0.496 e. The van der Waals surface area contributed by atoms with E-state index in [1.165, 1.54) is 17.3 Å². The van der Waals surface area contributed by atoms with E-state index in [4.69, 9.17) is 4.74 Å². The molecule has 2 heterocycles. The molecule has 0 spiro atoms. The molecule has 0 N–H and O–H groups in total. The predicted octanol–water partition coefficient (Wildman–Crippen LogP) is 4.35. The van der Waals surface area contributed by atoms with Crippen LogP contribution in [-0.2, 0) is 4.79 Å². The molecule has 2 aromatic carbocycles. The molecule has 1 fully saturated rings. The smallest absolute Gasteiger partial charge is 0.235 e. The Morgan fingerprint density at radius 1 is 1.07 bits per heavy atom. The van der Waals surface area contributed by atoms with E-state index in [0.717, 1.165) is 42.9 Å². The van der Waals surface area contributed by atoms with Gasteiger partial charge in [-0.15, -0.1) is 10.2 Å². The summed E-state index contributed by atoms with van der Waals surface area (Å²) in [6, 6.07) is 16.0. The van der Waals surface area contributed by atoms with Crippen molar-refractivity contribution in [2.45, 2.75) is 37.1 Å². The number of nitrogens with zero attached hydrogens (tertiary/aromatic N) is 4. The molecule has 1 atom stereocenters. The standard InChI is InChI=1S/C23H26N4O2S/c1-16-10-12-18(13-11-16)27-21(19-8-4-5-9-20(19)29-3)24-25-23(27)30-17(2)22(28)26-14-6-7-15-26/h4-5,8-13,17H,6-7,14-15H2,1-3H3. The van der Waals surface area contributed by atoms with Crippen LogP contribution in [0.4, 0.5) is 0 Å². The molecule has 1 amide bonds. The lowest BCUT2D eigenvalue weighted by Crippen LogP contribution is -2.34. The zero-order valence-corrected chi connectivity index (χ0v) is 18.4. The Morgan fingerprint density at radius 3 is 2.47 bits per heavy atom. The fourth-order valence-corrected chi connectivity index (χ4v) is 4.63. The highest BCUT2D eigenvalue weighted by Crippen LogP contribution is 2.34. The molecule has 0 saturated carbocycles. The van der Waals surface area contributed by atoms with Gasteiger partial charge in [0.2, 0.25) is 5.91 Å². The van der Waals surface area contributed by atoms with Gasteiger partial charge in [0.15, 0.2) is 11.0 Å². The van der Waals surface area contributed by atoms with E-state index in [1.807, 2.05) is 40.7 Å². The van der Waals surface area contributed by atoms with Crippen molar-refractivity contribution in [3.63, 3.8) is 0 Å². The molecule has 6 nitrogen and oxygen atoms in total. The van der Waals surface area contributed by atoms with Gasteiger partial charge in [-0.25, -0.2) is 0 Å². The van der Waals surface area contributed by atoms with E-state index in [9.17, 15) is 4.79 Å². The average Bonchev–Trinajstić information content (AvgIpc) is 3.44. The Bertz CT molecular complexity index is 1030. The van der Waals surface area contributed by atoms with Crippen LogP contribution < -0.4 is 4.74 Å². The monoisotopic (exact) mass is 422 g/mol. The van der Waals surface area contributed by atoms with Crippen LogP contribution in [0.25, 0.3) is 17.1 Å². The minimum absolute atomic E-state index is 0.162. The summed E-state index contributed by atoms with van der Waals surface area (Å²) in [7, 11) is 1.65. The lowest BCUT2D eigenvalue weighted by Gasteiger charge is -2.20. The summed E-state index contributed by atoms with van der Waals surface area (Å²) in [5.41, 5.74) is 2.99. The molecule has 156 valence electrons. The van der Waals surface area contributed by atoms with Gasteiger partial charge >= 0.3 is 0 Å². The number of ether oxygens (including phenoxy) is 1. The number of benzene rings is 2. The van der Waals surface area contributed by atoms with Gasteiger partial charge in [-0.3, -0.25) is 9.36 Å². The highest BCUT2D eigenvalue weighted by Gasteiger charge is 2.27. The van der Waals surface area contributed by atoms with Gasteiger partial charge in [0.1, 0.15) is 5.75 Å². The zero-order valence-electron chi connectivity index (χ0n) is 17.5. The first-order valence-corrected chi connectivity index (χ1v) is 11.1. The molecule has 0 aliphatic carbocycles. The van der Waals surface area contributed by atoms with Gasteiger partial charge in [-0.1, -0.05) is 41.6 Å². The highest BCUT2D eigenvalue weighted by molar-refractivity contribution is 8.00. The Balaban J connectivity index is 1.74. The third-order valence-electron chi connectivity index (χ3n) is 5.32. The third kappa shape index (κ3) is 4.07. The molecule has 3 aromatic rings. The Kier molecular flexibility index (Phi) is 6.08. The maximum atomic E-state index is 12.8. The van der Waals surface area contributed by atoms with Crippen LogP contribution in [0.15, 0.2) is 53.7 Å². The molecule has 30 heavy (non-hydrogen) atoms. The van der Waals surface area contributed by atoms with Crippen molar-refractivity contribution < 1.29 is 9.53 Å². The van der Waals surface area contributed by atoms with Gasteiger partial charge in [0, 0.05) is 18.8 Å². The van der Waals surface area contributed by atoms with E-state index in [2.05, 4.69) is 41.4 Å². The van der Waals surface area contributed by atoms with Crippen LogP contribution in [0, 0.1) is 6.92 Å². The third-order valence-corrected chi connectivity index (χ3v) is 6.35. The van der Waals surface area contributed by atoms with Crippen LogP contribution >= 0.6 is 11.8 Å². The average molecular weight is 423 g/mol. The molecule has 1 saturated heterocycles. The van der Waals surface area contributed by atoms with Gasteiger partial charge in [0.25, 0.3) is 0 Å². The number of thioether (sulfide) groups is 1. The maximum Gasteiger partial charge on any atom is 0.235 e. The number of likely N-dealkylation sites (tertiary alicyclic amines) is 1. The first-order chi connectivity index (χ1) is 14.6. The number of aromatic nitrogens is 3. The summed E-state index contributed by atoms with van der Waals surface area (Å²) in [5, 5.41) is 9.42. The molecule has 0 bridgehead atoms. The van der Waals surface area contributed by atoms with Crippen molar-refractivity contribution in [3.05, 3.63) is 54.1 Å². The number of hydrogen-bond donors (Lipinski definition) is 0. The number of methoxy groups -OCH3 is 1. The van der Waals surface area contributed by atoms with E-state index >= 15 is 0 Å². The minimum atomic E-state index is -0.234. The first kappa shape index (κ1) is 20.5. The van der Waals surface area contributed by atoms with Crippen LogP contribution in [0.3, 0.4) is 0 Å². The van der Waals surface area contributed by atoms with Crippen molar-refractivity contribution in [1.82, 2.24) is 19.7 Å². The van der Waals surface area contributed by atoms with Crippen molar-refractivity contribution >= 4 is 17.7 Å². The van der Waals surface area contributed by atoms with Gasteiger partial charge in [-0.05, 0) is 51.0 Å². The van der Waals surface area contributed by atoms with Crippen molar-refractivity contribution in [2.24, 2.45) is 0 Å². The quantitative estimate of drug-likeness (QED) is 0.553. The second-order valence-electron chi connectivity index (χ2n) is 7.47. The molecular formula is C23H26N4O2S. The Labute approximate surface area is 181 Å². The fraction of sp³-hybridized carbons (Fsp3) is 0.348. The SMILES string of the molecule is COc1ccccc1-c1nnc(SC(C)C(=O)N2CCCC2)n1-c1ccc(C)cc1. The molecule has 1 aliphatic heterocycles. The first-order valence-electron chi connectivity index (χ1n) is 10.2. The molecule has 1 aromatic heterocycles. The number of rotatable bonds is 6. The fourth-order valence-electron chi connectivity index (χ4n) is 3.68. The van der Waals surface area contributed by atoms with Crippen LogP contribution in [-0.4, -0.2) is 51.0 Å². The molecule has 7 heteroatoms. The zero-order chi connectivity index (χ0) is 21.1. The van der Waals surface area contributed by atoms with E-state index in [1.54, 1.807) is 7.11 Å². The molecule has 1 aliphatic rings. The van der Waals surface area contributed by atoms with Crippen LogP contribution in [0.5, 0.6) is 5.75 Å². The second-order valence-corrected chi connectivity index (χ2v) is 8.78. The summed E-state index contributed by atoms with van der Waals surface area (Å²) in [6.45, 7) is 5.70. The topological polar surface area (TPSA) is 60.3 Å². The molecule has 1 unspecified atom stereocenters. The van der Waals surface area contributed by atoms with Crippen molar-refractivity contribution in [2.75, 3.05) is 20.2 Å². The van der Waals surface area contributed by atoms with Gasteiger partial charge in [-0.2, -0.15) is 0 Å². The largest absolute Gasteiger partial charge is 0.496 e. The van der Waals surface area contributed by atoms with Crippen LogP contribution in [0.2, 0.25) is 0 Å².